The van der Waals surface area contributed by atoms with Crippen molar-refractivity contribution in [2.75, 3.05) is 0 Å². The normalized spacial score (nSPS) is 18.0. The molecule has 0 atom stereocenters. The molecule has 1 heterocycles. The van der Waals surface area contributed by atoms with Crippen molar-refractivity contribution in [1.82, 2.24) is 4.98 Å². The van der Waals surface area contributed by atoms with Gasteiger partial charge in [0.1, 0.15) is 5.76 Å². The molecule has 53 heavy (non-hydrogen) atoms. The standard InChI is InChI=1S/C38H46N.C11H20O2.Ir/c1-25-20-26(2)35-31(27-12-14-38(15-13-27)18-16-37(6,7)17-19-38)24-33(39-34(35)21-25)29-22-28-10-8-9-11-30(28)32(23-29)36(3,4)5;1-10(2,3)8(12)7-9(13)11(4,5)6;/h8-11,20-21,23-24,27H,12-19H2,1-7H3;7,12H,1-6H3;/q-1;;/b;8-7-;. The molecule has 6 rings (SSSR count). The van der Waals surface area contributed by atoms with Gasteiger partial charge in [-0.25, -0.2) is 0 Å². The van der Waals surface area contributed by atoms with Crippen LogP contribution in [0.4, 0.5) is 0 Å². The minimum Gasteiger partial charge on any atom is -0.512 e. The molecule has 1 radical (unpaired) electrons. The van der Waals surface area contributed by atoms with Crippen LogP contribution in [0.1, 0.15) is 156 Å². The number of nitrogens with zero attached hydrogens (tertiary/aromatic N) is 1. The average Bonchev–Trinajstić information content (AvgIpc) is 3.04. The van der Waals surface area contributed by atoms with Crippen LogP contribution in [0.5, 0.6) is 0 Å². The van der Waals surface area contributed by atoms with Gasteiger partial charge in [-0.2, -0.15) is 0 Å². The fourth-order valence-corrected chi connectivity index (χ4v) is 8.29. The maximum absolute atomic E-state index is 11.5. The topological polar surface area (TPSA) is 50.2 Å². The summed E-state index contributed by atoms with van der Waals surface area (Å²) in [6, 6.07) is 22.0. The fraction of sp³-hybridized carbons (Fsp3) is 0.551. The Morgan fingerprint density at radius 3 is 2.00 bits per heavy atom. The minimum atomic E-state index is -0.417. The molecule has 2 fully saturated rings. The molecule has 0 amide bonds. The monoisotopic (exact) mass is 893 g/mol. The second-order valence-electron chi connectivity index (χ2n) is 20.3. The van der Waals surface area contributed by atoms with Crippen molar-refractivity contribution in [2.24, 2.45) is 21.7 Å². The van der Waals surface area contributed by atoms with E-state index in [2.05, 4.69) is 103 Å². The quantitative estimate of drug-likeness (QED) is 0.127. The molecule has 3 nitrogen and oxygen atoms in total. The zero-order valence-corrected chi connectivity index (χ0v) is 37.5. The van der Waals surface area contributed by atoms with E-state index in [1.165, 1.54) is 95.9 Å². The molecule has 3 aromatic carbocycles. The van der Waals surface area contributed by atoms with Crippen LogP contribution >= 0.6 is 0 Å². The number of hydrogen-bond acceptors (Lipinski definition) is 3. The van der Waals surface area contributed by atoms with Crippen molar-refractivity contribution in [3.8, 4) is 11.3 Å². The molecule has 0 saturated heterocycles. The van der Waals surface area contributed by atoms with Crippen LogP contribution in [0.3, 0.4) is 0 Å². The summed E-state index contributed by atoms with van der Waals surface area (Å²) in [5.41, 5.74) is 9.33. The Bertz CT molecular complexity index is 1960. The van der Waals surface area contributed by atoms with Crippen LogP contribution in [0.25, 0.3) is 32.9 Å². The van der Waals surface area contributed by atoms with Gasteiger partial charge in [-0.3, -0.25) is 9.78 Å². The predicted octanol–water partition coefficient (Wildman–Crippen LogP) is 14.1. The van der Waals surface area contributed by atoms with Crippen molar-refractivity contribution < 1.29 is 30.0 Å². The molecule has 0 bridgehead atoms. The second-order valence-corrected chi connectivity index (χ2v) is 20.3. The summed E-state index contributed by atoms with van der Waals surface area (Å²) in [6.07, 6.45) is 12.4. The number of aliphatic hydroxyl groups excluding tert-OH is 1. The van der Waals surface area contributed by atoms with Gasteiger partial charge in [0, 0.05) is 48.1 Å². The summed E-state index contributed by atoms with van der Waals surface area (Å²) < 4.78 is 0. The largest absolute Gasteiger partial charge is 0.512 e. The maximum atomic E-state index is 11.5. The van der Waals surface area contributed by atoms with Crippen molar-refractivity contribution in [3.05, 3.63) is 88.7 Å². The number of allylic oxidation sites excluding steroid dienone is 2. The van der Waals surface area contributed by atoms with Crippen molar-refractivity contribution >= 4 is 27.5 Å². The van der Waals surface area contributed by atoms with E-state index in [0.717, 1.165) is 16.8 Å². The Morgan fingerprint density at radius 1 is 0.830 bits per heavy atom. The third kappa shape index (κ3) is 10.1. The number of fused-ring (bicyclic) bond motifs is 2. The smallest absolute Gasteiger partial charge is 0.164 e. The number of pyridine rings is 1. The van der Waals surface area contributed by atoms with Gasteiger partial charge in [-0.1, -0.05) is 117 Å². The number of aliphatic hydroxyl groups is 1. The van der Waals surface area contributed by atoms with Crippen LogP contribution < -0.4 is 0 Å². The molecule has 1 aromatic heterocycles. The summed E-state index contributed by atoms with van der Waals surface area (Å²) in [4.78, 5) is 16.8. The minimum absolute atomic E-state index is 0. The molecule has 289 valence electrons. The third-order valence-electron chi connectivity index (χ3n) is 12.1. The van der Waals surface area contributed by atoms with Gasteiger partial charge in [0.15, 0.2) is 5.78 Å². The third-order valence-corrected chi connectivity index (χ3v) is 12.1. The molecule has 2 saturated carbocycles. The number of aryl methyl sites for hydroxylation is 2. The Kier molecular flexibility index (Phi) is 12.7. The van der Waals surface area contributed by atoms with Crippen molar-refractivity contribution in [2.45, 2.75) is 153 Å². The molecule has 2 aliphatic rings. The Balaban J connectivity index is 0.000000386. The second kappa shape index (κ2) is 15.7. The van der Waals surface area contributed by atoms with Crippen LogP contribution in [0, 0.1) is 41.6 Å². The van der Waals surface area contributed by atoms with Crippen LogP contribution in [-0.2, 0) is 30.3 Å². The van der Waals surface area contributed by atoms with E-state index in [-0.39, 0.29) is 42.5 Å². The SMILES string of the molecule is CC(C)(C)C(=O)/C=C(\O)C(C)(C)C.Cc1cc(C)c2c(C3CCC4(CC3)CCC(C)(C)CC4)cc(-c3[c-]c4ccccc4c(C(C)(C)C)c3)nc2c1.[Ir]. The fourth-order valence-electron chi connectivity index (χ4n) is 8.29. The Morgan fingerprint density at radius 2 is 1.43 bits per heavy atom. The van der Waals surface area contributed by atoms with E-state index in [0.29, 0.717) is 16.7 Å². The molecular formula is C49H66IrNO2-. The number of rotatable bonds is 3. The number of carbonyl (C=O) groups is 1. The first kappa shape index (κ1) is 42.9. The number of carbonyl (C=O) groups excluding carboxylic acids is 1. The van der Waals surface area contributed by atoms with Crippen LogP contribution in [0.2, 0.25) is 0 Å². The van der Waals surface area contributed by atoms with Gasteiger partial charge in [0.25, 0.3) is 0 Å². The van der Waals surface area contributed by atoms with E-state index in [4.69, 9.17) is 4.98 Å². The Labute approximate surface area is 335 Å². The molecule has 1 spiro atoms. The maximum Gasteiger partial charge on any atom is 0.164 e. The average molecular weight is 893 g/mol. The van der Waals surface area contributed by atoms with E-state index < -0.39 is 5.41 Å². The summed E-state index contributed by atoms with van der Waals surface area (Å²) in [7, 11) is 0. The molecule has 0 aliphatic heterocycles. The zero-order chi connectivity index (χ0) is 38.4. The van der Waals surface area contributed by atoms with E-state index in [1.807, 2.05) is 41.5 Å². The van der Waals surface area contributed by atoms with Gasteiger partial charge < -0.3 is 5.11 Å². The number of benzene rings is 3. The molecular weight excluding hydrogens is 827 g/mol. The van der Waals surface area contributed by atoms with E-state index >= 15 is 0 Å². The molecule has 1 N–H and O–H groups in total. The van der Waals surface area contributed by atoms with Gasteiger partial charge in [-0.05, 0) is 110 Å². The van der Waals surface area contributed by atoms with Gasteiger partial charge in [-0.15, -0.1) is 29.1 Å². The first-order valence-corrected chi connectivity index (χ1v) is 19.8. The number of ketones is 1. The Hall–Kier alpha value is -2.81. The molecule has 4 heteroatoms. The number of hydrogen-bond donors (Lipinski definition) is 1. The summed E-state index contributed by atoms with van der Waals surface area (Å²) in [5, 5.41) is 13.4. The first-order valence-electron chi connectivity index (χ1n) is 19.8. The van der Waals surface area contributed by atoms with Gasteiger partial charge >= 0.3 is 0 Å². The summed E-state index contributed by atoms with van der Waals surface area (Å²) >= 11 is 0. The van der Waals surface area contributed by atoms with Crippen molar-refractivity contribution in [1.29, 1.82) is 0 Å². The predicted molar refractivity (Wildman–Crippen MR) is 222 cm³/mol. The van der Waals surface area contributed by atoms with Gasteiger partial charge in [0.05, 0.1) is 5.52 Å². The number of aromatic nitrogens is 1. The molecule has 2 aliphatic carbocycles. The van der Waals surface area contributed by atoms with Crippen LogP contribution in [0.15, 0.2) is 60.4 Å². The van der Waals surface area contributed by atoms with Crippen molar-refractivity contribution in [3.63, 3.8) is 0 Å². The summed E-state index contributed by atoms with van der Waals surface area (Å²) in [5.74, 6) is 0.714. The molecule has 0 unspecified atom stereocenters. The zero-order valence-electron chi connectivity index (χ0n) is 35.1. The van der Waals surface area contributed by atoms with Gasteiger partial charge in [0.2, 0.25) is 0 Å². The van der Waals surface area contributed by atoms with Crippen LogP contribution in [-0.4, -0.2) is 15.9 Å². The van der Waals surface area contributed by atoms with E-state index in [9.17, 15) is 9.90 Å². The summed E-state index contributed by atoms with van der Waals surface area (Å²) in [6.45, 7) is 27.5. The van der Waals surface area contributed by atoms with E-state index in [1.54, 1.807) is 0 Å². The first-order chi connectivity index (χ1) is 24.0. The molecule has 4 aromatic rings.